The van der Waals surface area contributed by atoms with Crippen molar-refractivity contribution >= 4 is 5.91 Å². The third-order valence-electron chi connectivity index (χ3n) is 5.27. The smallest absolute Gasteiger partial charge is 0.255 e. The summed E-state index contributed by atoms with van der Waals surface area (Å²) in [5, 5.41) is 9.28. The van der Waals surface area contributed by atoms with Crippen LogP contribution in [0.2, 0.25) is 0 Å². The van der Waals surface area contributed by atoms with Crippen LogP contribution in [0.3, 0.4) is 0 Å². The van der Waals surface area contributed by atoms with E-state index in [-0.39, 0.29) is 5.91 Å². The molecule has 1 atom stereocenters. The monoisotopic (exact) mass is 325 g/mol. The first kappa shape index (κ1) is 17.0. The minimum Gasteiger partial charge on any atom is -0.337 e. The van der Waals surface area contributed by atoms with E-state index in [2.05, 4.69) is 24.8 Å². The second-order valence-electron chi connectivity index (χ2n) is 7.51. The van der Waals surface area contributed by atoms with E-state index in [0.29, 0.717) is 23.1 Å². The van der Waals surface area contributed by atoms with Crippen molar-refractivity contribution < 1.29 is 4.79 Å². The molecule has 0 radical (unpaired) electrons. The van der Waals surface area contributed by atoms with Gasteiger partial charge in [-0.25, -0.2) is 0 Å². The van der Waals surface area contributed by atoms with E-state index in [0.717, 1.165) is 32.0 Å². The molecule has 2 aliphatic rings. The lowest BCUT2D eigenvalue weighted by atomic mass is 10.0. The largest absolute Gasteiger partial charge is 0.337 e. The minimum atomic E-state index is 0.00562. The second kappa shape index (κ2) is 7.36. The topological polar surface area (TPSA) is 47.3 Å². The van der Waals surface area contributed by atoms with Gasteiger partial charge >= 0.3 is 0 Å². The Morgan fingerprint density at radius 3 is 2.71 bits per heavy atom. The van der Waals surface area contributed by atoms with Crippen LogP contribution in [0, 0.1) is 23.2 Å². The lowest BCUT2D eigenvalue weighted by molar-refractivity contribution is 0.0704. The highest BCUT2D eigenvalue weighted by molar-refractivity contribution is 5.96. The van der Waals surface area contributed by atoms with Crippen LogP contribution >= 0.6 is 0 Å². The molecular weight excluding hydrogens is 298 g/mol. The van der Waals surface area contributed by atoms with Gasteiger partial charge in [0, 0.05) is 32.2 Å². The summed E-state index contributed by atoms with van der Waals surface area (Å²) in [4.78, 5) is 17.6. The summed E-state index contributed by atoms with van der Waals surface area (Å²) in [6, 6.07) is 9.71. The number of nitriles is 1. The summed E-state index contributed by atoms with van der Waals surface area (Å²) < 4.78 is 0. The van der Waals surface area contributed by atoms with Crippen LogP contribution in [-0.2, 0) is 0 Å². The van der Waals surface area contributed by atoms with Gasteiger partial charge in [0.1, 0.15) is 0 Å². The summed E-state index contributed by atoms with van der Waals surface area (Å²) in [5.41, 5.74) is 1.01. The average Bonchev–Trinajstić information content (AvgIpc) is 3.41. The maximum atomic E-state index is 13.0. The molecule has 2 fully saturated rings. The fourth-order valence-corrected chi connectivity index (χ4v) is 3.68. The van der Waals surface area contributed by atoms with Crippen molar-refractivity contribution in [2.75, 3.05) is 26.2 Å². The number of benzene rings is 1. The highest BCUT2D eigenvalue weighted by Gasteiger charge is 2.33. The lowest BCUT2D eigenvalue weighted by Gasteiger charge is -2.34. The van der Waals surface area contributed by atoms with Gasteiger partial charge in [0.05, 0.1) is 17.2 Å². The molecule has 1 saturated carbocycles. The maximum Gasteiger partial charge on any atom is 0.255 e. The first-order chi connectivity index (χ1) is 11.6. The Morgan fingerprint density at radius 2 is 2.04 bits per heavy atom. The number of rotatable bonds is 4. The van der Waals surface area contributed by atoms with Crippen LogP contribution in [0.5, 0.6) is 0 Å². The second-order valence-corrected chi connectivity index (χ2v) is 7.51. The molecule has 1 aromatic rings. The molecule has 4 heteroatoms. The van der Waals surface area contributed by atoms with E-state index in [9.17, 15) is 10.1 Å². The Hall–Kier alpha value is -1.86. The van der Waals surface area contributed by atoms with Gasteiger partial charge in [-0.05, 0) is 43.2 Å². The summed E-state index contributed by atoms with van der Waals surface area (Å²) in [6.45, 7) is 8.30. The lowest BCUT2D eigenvalue weighted by Crippen LogP contribution is -2.46. The van der Waals surface area contributed by atoms with Gasteiger partial charge in [-0.1, -0.05) is 26.0 Å². The zero-order valence-corrected chi connectivity index (χ0v) is 14.7. The Morgan fingerprint density at radius 1 is 1.29 bits per heavy atom. The van der Waals surface area contributed by atoms with Gasteiger partial charge in [0.15, 0.2) is 0 Å². The van der Waals surface area contributed by atoms with Gasteiger partial charge in [0.25, 0.3) is 5.91 Å². The summed E-state index contributed by atoms with van der Waals surface area (Å²) in [7, 11) is 0. The van der Waals surface area contributed by atoms with Gasteiger partial charge in [-0.15, -0.1) is 0 Å². The maximum absolute atomic E-state index is 13.0. The summed E-state index contributed by atoms with van der Waals surface area (Å²) >= 11 is 0. The highest BCUT2D eigenvalue weighted by Crippen LogP contribution is 2.32. The number of amides is 1. The molecule has 0 N–H and O–H groups in total. The van der Waals surface area contributed by atoms with E-state index in [4.69, 9.17) is 0 Å². The zero-order valence-electron chi connectivity index (χ0n) is 14.7. The van der Waals surface area contributed by atoms with Gasteiger partial charge in [-0.3, -0.25) is 9.69 Å². The van der Waals surface area contributed by atoms with Crippen LogP contribution < -0.4 is 0 Å². The van der Waals surface area contributed by atoms with Crippen LogP contribution in [-0.4, -0.2) is 47.9 Å². The highest BCUT2D eigenvalue weighted by atomic mass is 16.2. The molecule has 1 aliphatic carbocycles. The van der Waals surface area contributed by atoms with Crippen LogP contribution in [0.25, 0.3) is 0 Å². The van der Waals surface area contributed by atoms with Gasteiger partial charge in [-0.2, -0.15) is 5.26 Å². The Bertz CT molecular complexity index is 630. The van der Waals surface area contributed by atoms with Crippen molar-refractivity contribution in [1.82, 2.24) is 9.80 Å². The van der Waals surface area contributed by atoms with Gasteiger partial charge in [0.2, 0.25) is 0 Å². The molecule has 1 saturated heterocycles. The molecule has 1 aliphatic heterocycles. The Balaban J connectivity index is 1.78. The molecule has 24 heavy (non-hydrogen) atoms. The molecule has 4 nitrogen and oxygen atoms in total. The Labute approximate surface area is 145 Å². The van der Waals surface area contributed by atoms with E-state index in [1.54, 1.807) is 12.1 Å². The van der Waals surface area contributed by atoms with Crippen molar-refractivity contribution in [3.05, 3.63) is 35.4 Å². The SMILES string of the molecule is CC(C)C1CN(C(=O)c2ccccc2C#N)CCCN1CC1CC1. The quantitative estimate of drug-likeness (QED) is 0.854. The molecule has 1 aromatic carbocycles. The molecule has 1 amide bonds. The van der Waals surface area contributed by atoms with Crippen molar-refractivity contribution in [2.45, 2.75) is 39.2 Å². The molecule has 3 rings (SSSR count). The predicted molar refractivity (Wildman–Crippen MR) is 94.6 cm³/mol. The number of carbonyl (C=O) groups is 1. The van der Waals surface area contributed by atoms with Crippen LogP contribution in [0.1, 0.15) is 49.0 Å². The van der Waals surface area contributed by atoms with E-state index >= 15 is 0 Å². The number of hydrogen-bond acceptors (Lipinski definition) is 3. The molecule has 1 heterocycles. The molecular formula is C20H27N3O. The molecule has 0 spiro atoms. The minimum absolute atomic E-state index is 0.00562. The fourth-order valence-electron chi connectivity index (χ4n) is 3.68. The first-order valence-corrected chi connectivity index (χ1v) is 9.12. The molecule has 0 bridgehead atoms. The molecule has 128 valence electrons. The van der Waals surface area contributed by atoms with Crippen molar-refractivity contribution in [3.8, 4) is 6.07 Å². The fraction of sp³-hybridized carbons (Fsp3) is 0.600. The third-order valence-corrected chi connectivity index (χ3v) is 5.27. The van der Waals surface area contributed by atoms with Crippen molar-refractivity contribution in [3.63, 3.8) is 0 Å². The van der Waals surface area contributed by atoms with Crippen molar-refractivity contribution in [2.24, 2.45) is 11.8 Å². The summed E-state index contributed by atoms with van der Waals surface area (Å²) in [6.07, 6.45) is 3.73. The van der Waals surface area contributed by atoms with Gasteiger partial charge < -0.3 is 4.90 Å². The summed E-state index contributed by atoms with van der Waals surface area (Å²) in [5.74, 6) is 1.39. The zero-order chi connectivity index (χ0) is 17.1. The standard InChI is InChI=1S/C20H27N3O/c1-15(2)19-14-23(11-5-10-22(19)13-16-8-9-16)20(24)18-7-4-3-6-17(18)12-21/h3-4,6-7,15-16,19H,5,8-11,13-14H2,1-2H3. The number of carbonyl (C=O) groups excluding carboxylic acids is 1. The van der Waals surface area contributed by atoms with Crippen LogP contribution in [0.4, 0.5) is 0 Å². The normalized spacial score (nSPS) is 22.2. The number of hydrogen-bond donors (Lipinski definition) is 0. The van der Waals surface area contributed by atoms with E-state index in [1.165, 1.54) is 19.4 Å². The van der Waals surface area contributed by atoms with Crippen LogP contribution in [0.15, 0.2) is 24.3 Å². The Kier molecular flexibility index (Phi) is 5.20. The van der Waals surface area contributed by atoms with Crippen molar-refractivity contribution in [1.29, 1.82) is 5.26 Å². The first-order valence-electron chi connectivity index (χ1n) is 9.12. The van der Waals surface area contributed by atoms with E-state index in [1.807, 2.05) is 17.0 Å². The van der Waals surface area contributed by atoms with E-state index < -0.39 is 0 Å². The molecule has 1 unspecified atom stereocenters. The predicted octanol–water partition coefficient (Wildman–Crippen LogP) is 3.14. The average molecular weight is 325 g/mol. The molecule has 0 aromatic heterocycles. The number of nitrogens with zero attached hydrogens (tertiary/aromatic N) is 3. The third kappa shape index (κ3) is 3.79.